The van der Waals surface area contributed by atoms with E-state index >= 15 is 0 Å². The summed E-state index contributed by atoms with van der Waals surface area (Å²) < 4.78 is 10.6. The molecular formula is C23H34N4O2. The number of nitrogens with zero attached hydrogens (tertiary/aromatic N) is 2. The summed E-state index contributed by atoms with van der Waals surface area (Å²) in [7, 11) is 7.26. The van der Waals surface area contributed by atoms with E-state index < -0.39 is 0 Å². The third-order valence-electron chi connectivity index (χ3n) is 4.68. The van der Waals surface area contributed by atoms with Crippen molar-refractivity contribution in [1.29, 1.82) is 0 Å². The van der Waals surface area contributed by atoms with Crippen LogP contribution in [-0.4, -0.2) is 58.8 Å². The normalized spacial score (nSPS) is 11.4. The van der Waals surface area contributed by atoms with Gasteiger partial charge in [0, 0.05) is 26.7 Å². The molecule has 0 amide bonds. The Morgan fingerprint density at radius 1 is 0.931 bits per heavy atom. The lowest BCUT2D eigenvalue weighted by Gasteiger charge is -2.17. The van der Waals surface area contributed by atoms with Gasteiger partial charge in [-0.05, 0) is 49.7 Å². The van der Waals surface area contributed by atoms with Crippen molar-refractivity contribution in [2.45, 2.75) is 19.4 Å². The third kappa shape index (κ3) is 8.03. The van der Waals surface area contributed by atoms with Gasteiger partial charge in [-0.25, -0.2) is 0 Å². The number of guanidine groups is 1. The summed E-state index contributed by atoms with van der Waals surface area (Å²) in [5.41, 5.74) is 2.53. The molecule has 0 saturated carbocycles. The molecule has 0 aliphatic carbocycles. The van der Waals surface area contributed by atoms with Gasteiger partial charge in [-0.3, -0.25) is 4.99 Å². The van der Waals surface area contributed by atoms with Gasteiger partial charge in [0.15, 0.2) is 17.5 Å². The highest BCUT2D eigenvalue weighted by atomic mass is 16.5. The minimum atomic E-state index is 0.749. The number of methoxy groups -OCH3 is 2. The number of benzene rings is 2. The first-order valence-electron chi connectivity index (χ1n) is 10.0. The van der Waals surface area contributed by atoms with Crippen molar-refractivity contribution >= 4 is 5.96 Å². The van der Waals surface area contributed by atoms with Crippen LogP contribution in [0.15, 0.2) is 53.5 Å². The molecule has 0 aliphatic rings. The van der Waals surface area contributed by atoms with Crippen LogP contribution in [0.3, 0.4) is 0 Å². The SMILES string of the molecule is CN=C(NCCCN(C)Cc1ccccc1)NCCc1ccc(OC)c(OC)c1. The monoisotopic (exact) mass is 398 g/mol. The zero-order valence-electron chi connectivity index (χ0n) is 18.1. The van der Waals surface area contributed by atoms with E-state index in [4.69, 9.17) is 9.47 Å². The van der Waals surface area contributed by atoms with Gasteiger partial charge in [0.1, 0.15) is 0 Å². The number of aliphatic imine (C=N–C) groups is 1. The second kappa shape index (κ2) is 12.7. The highest BCUT2D eigenvalue weighted by Gasteiger charge is 2.05. The minimum absolute atomic E-state index is 0.749. The van der Waals surface area contributed by atoms with E-state index in [9.17, 15) is 0 Å². The summed E-state index contributed by atoms with van der Waals surface area (Å²) in [5, 5.41) is 6.75. The van der Waals surface area contributed by atoms with Crippen LogP contribution in [0.1, 0.15) is 17.5 Å². The second-order valence-corrected chi connectivity index (χ2v) is 6.94. The predicted molar refractivity (Wildman–Crippen MR) is 120 cm³/mol. The Kier molecular flexibility index (Phi) is 9.86. The van der Waals surface area contributed by atoms with Crippen LogP contribution in [0.4, 0.5) is 0 Å². The lowest BCUT2D eigenvalue weighted by molar-refractivity contribution is 0.322. The van der Waals surface area contributed by atoms with Crippen LogP contribution < -0.4 is 20.1 Å². The smallest absolute Gasteiger partial charge is 0.190 e. The lowest BCUT2D eigenvalue weighted by Crippen LogP contribution is -2.39. The molecule has 0 bridgehead atoms. The Labute approximate surface area is 174 Å². The van der Waals surface area contributed by atoms with Gasteiger partial charge in [-0.15, -0.1) is 0 Å². The Hall–Kier alpha value is -2.73. The molecule has 6 heteroatoms. The topological polar surface area (TPSA) is 58.1 Å². The molecule has 0 atom stereocenters. The Morgan fingerprint density at radius 3 is 2.34 bits per heavy atom. The first kappa shape index (κ1) is 22.6. The number of hydrogen-bond acceptors (Lipinski definition) is 4. The van der Waals surface area contributed by atoms with Crippen molar-refractivity contribution in [1.82, 2.24) is 15.5 Å². The molecule has 158 valence electrons. The molecule has 29 heavy (non-hydrogen) atoms. The fourth-order valence-corrected chi connectivity index (χ4v) is 3.11. The van der Waals surface area contributed by atoms with Crippen LogP contribution in [0.2, 0.25) is 0 Å². The zero-order valence-corrected chi connectivity index (χ0v) is 18.1. The molecule has 2 rings (SSSR count). The van der Waals surface area contributed by atoms with Gasteiger partial charge < -0.3 is 25.0 Å². The predicted octanol–water partition coefficient (Wildman–Crippen LogP) is 2.93. The summed E-state index contributed by atoms with van der Waals surface area (Å²) in [4.78, 5) is 6.64. The highest BCUT2D eigenvalue weighted by molar-refractivity contribution is 5.79. The van der Waals surface area contributed by atoms with Crippen molar-refractivity contribution in [3.8, 4) is 11.5 Å². The van der Waals surface area contributed by atoms with Gasteiger partial charge in [-0.2, -0.15) is 0 Å². The summed E-state index contributed by atoms with van der Waals surface area (Å²) in [5.74, 6) is 2.34. The fourth-order valence-electron chi connectivity index (χ4n) is 3.11. The maximum Gasteiger partial charge on any atom is 0.190 e. The molecule has 0 unspecified atom stereocenters. The summed E-state index contributed by atoms with van der Waals surface area (Å²) in [6.07, 6.45) is 1.93. The quantitative estimate of drug-likeness (QED) is 0.346. The molecule has 2 aromatic rings. The summed E-state index contributed by atoms with van der Waals surface area (Å²) in [6.45, 7) is 3.68. The first-order valence-corrected chi connectivity index (χ1v) is 10.0. The molecule has 0 aliphatic heterocycles. The van der Waals surface area contributed by atoms with Crippen molar-refractivity contribution in [3.63, 3.8) is 0 Å². The van der Waals surface area contributed by atoms with Crippen molar-refractivity contribution in [2.75, 3.05) is 47.9 Å². The third-order valence-corrected chi connectivity index (χ3v) is 4.68. The fraction of sp³-hybridized carbons (Fsp3) is 0.435. The summed E-state index contributed by atoms with van der Waals surface area (Å²) >= 11 is 0. The first-order chi connectivity index (χ1) is 14.2. The average molecular weight is 399 g/mol. The maximum absolute atomic E-state index is 5.36. The van der Waals surface area contributed by atoms with Gasteiger partial charge in [0.25, 0.3) is 0 Å². The standard InChI is InChI=1S/C23H34N4O2/c1-24-23(25-14-8-16-27(2)18-20-9-6-5-7-10-20)26-15-13-19-11-12-21(28-3)22(17-19)29-4/h5-7,9-12,17H,8,13-16,18H2,1-4H3,(H2,24,25,26). The van der Waals surface area contributed by atoms with Gasteiger partial charge in [0.05, 0.1) is 14.2 Å². The molecule has 2 aromatic carbocycles. The van der Waals surface area contributed by atoms with Crippen LogP contribution in [0.5, 0.6) is 11.5 Å². The van der Waals surface area contributed by atoms with Crippen molar-refractivity contribution in [2.24, 2.45) is 4.99 Å². The Balaban J connectivity index is 1.65. The van der Waals surface area contributed by atoms with E-state index in [-0.39, 0.29) is 0 Å². The van der Waals surface area contributed by atoms with E-state index in [1.807, 2.05) is 12.1 Å². The van der Waals surface area contributed by atoms with Gasteiger partial charge >= 0.3 is 0 Å². The number of ether oxygens (including phenoxy) is 2. The Morgan fingerprint density at radius 2 is 1.66 bits per heavy atom. The van der Waals surface area contributed by atoms with Crippen LogP contribution in [-0.2, 0) is 13.0 Å². The highest BCUT2D eigenvalue weighted by Crippen LogP contribution is 2.27. The number of rotatable bonds is 11. The number of nitrogens with one attached hydrogen (secondary N) is 2. The van der Waals surface area contributed by atoms with E-state index in [0.717, 1.165) is 56.5 Å². The van der Waals surface area contributed by atoms with Crippen molar-refractivity contribution < 1.29 is 9.47 Å². The lowest BCUT2D eigenvalue weighted by atomic mass is 10.1. The second-order valence-electron chi connectivity index (χ2n) is 6.94. The molecule has 6 nitrogen and oxygen atoms in total. The van der Waals surface area contributed by atoms with Crippen molar-refractivity contribution in [3.05, 3.63) is 59.7 Å². The minimum Gasteiger partial charge on any atom is -0.493 e. The maximum atomic E-state index is 5.36. The molecule has 2 N–H and O–H groups in total. The van der Waals surface area contributed by atoms with E-state index in [0.29, 0.717) is 0 Å². The van der Waals surface area contributed by atoms with E-state index in [1.54, 1.807) is 21.3 Å². The molecule has 0 saturated heterocycles. The van der Waals surface area contributed by atoms with Crippen LogP contribution in [0.25, 0.3) is 0 Å². The molecule has 0 fully saturated rings. The Bertz CT molecular complexity index is 750. The van der Waals surface area contributed by atoms with E-state index in [1.165, 1.54) is 11.1 Å². The molecule has 0 spiro atoms. The number of hydrogen-bond donors (Lipinski definition) is 2. The van der Waals surface area contributed by atoms with Crippen LogP contribution >= 0.6 is 0 Å². The average Bonchev–Trinajstić information content (AvgIpc) is 2.75. The molecule has 0 aromatic heterocycles. The largest absolute Gasteiger partial charge is 0.493 e. The van der Waals surface area contributed by atoms with Gasteiger partial charge in [-0.1, -0.05) is 36.4 Å². The van der Waals surface area contributed by atoms with Crippen LogP contribution in [0, 0.1) is 0 Å². The zero-order chi connectivity index (χ0) is 20.9. The molecule has 0 radical (unpaired) electrons. The van der Waals surface area contributed by atoms with E-state index in [2.05, 4.69) is 64.0 Å². The molecule has 0 heterocycles. The van der Waals surface area contributed by atoms with Gasteiger partial charge in [0.2, 0.25) is 0 Å². The molecular weight excluding hydrogens is 364 g/mol. The summed E-state index contributed by atoms with van der Waals surface area (Å²) in [6, 6.07) is 16.6.